The van der Waals surface area contributed by atoms with Gasteiger partial charge in [0, 0.05) is 26.2 Å². The van der Waals surface area contributed by atoms with Gasteiger partial charge in [-0.1, -0.05) is 23.7 Å². The minimum atomic E-state index is 0.522. The van der Waals surface area contributed by atoms with Crippen LogP contribution in [0.25, 0.3) is 0 Å². The topological polar surface area (TPSA) is 32.5 Å². The molecule has 3 nitrogen and oxygen atoms in total. The first-order chi connectivity index (χ1) is 8.63. The molecular weight excluding hydrogens is 246 g/mol. The van der Waals surface area contributed by atoms with E-state index in [0.29, 0.717) is 12.6 Å². The minimum absolute atomic E-state index is 0.522. The van der Waals surface area contributed by atoms with Gasteiger partial charge in [0.1, 0.15) is 0 Å². The van der Waals surface area contributed by atoms with E-state index < -0.39 is 0 Å². The summed E-state index contributed by atoms with van der Waals surface area (Å²) in [6, 6.07) is 6.49. The summed E-state index contributed by atoms with van der Waals surface area (Å²) in [6.07, 6.45) is 2.46. The van der Waals surface area contributed by atoms with Crippen LogP contribution in [0.4, 0.5) is 5.69 Å². The lowest BCUT2D eigenvalue weighted by molar-refractivity contribution is 0.248. The molecule has 1 atom stereocenters. The van der Waals surface area contributed by atoms with E-state index in [0.717, 1.165) is 22.8 Å². The molecule has 0 saturated carbocycles. The molecular formula is C14H22ClN3. The van der Waals surface area contributed by atoms with Crippen molar-refractivity contribution in [2.75, 3.05) is 32.1 Å². The molecule has 0 radical (unpaired) electrons. The number of para-hydroxylation sites is 1. The Kier molecular flexibility index (Phi) is 4.49. The number of anilines is 1. The van der Waals surface area contributed by atoms with Crippen LogP contribution in [0.2, 0.25) is 5.02 Å². The maximum absolute atomic E-state index is 6.35. The number of rotatable bonds is 3. The van der Waals surface area contributed by atoms with E-state index in [1.807, 2.05) is 12.1 Å². The van der Waals surface area contributed by atoms with E-state index in [-0.39, 0.29) is 0 Å². The Balaban J connectivity index is 2.24. The summed E-state index contributed by atoms with van der Waals surface area (Å²) in [7, 11) is 4.31. The summed E-state index contributed by atoms with van der Waals surface area (Å²) in [6.45, 7) is 2.81. The van der Waals surface area contributed by atoms with E-state index >= 15 is 0 Å². The molecule has 100 valence electrons. The average Bonchev–Trinajstić information content (AvgIpc) is 2.37. The summed E-state index contributed by atoms with van der Waals surface area (Å²) in [5.74, 6) is 0. The fourth-order valence-electron chi connectivity index (χ4n) is 2.76. The molecule has 0 bridgehead atoms. The molecule has 1 heterocycles. The highest BCUT2D eigenvalue weighted by Crippen LogP contribution is 2.31. The molecule has 2 N–H and O–H groups in total. The number of hydrogen-bond donors (Lipinski definition) is 1. The Morgan fingerprint density at radius 2 is 2.28 bits per heavy atom. The molecule has 0 spiro atoms. The van der Waals surface area contributed by atoms with Crippen molar-refractivity contribution in [1.29, 1.82) is 0 Å². The minimum Gasteiger partial charge on any atom is -0.369 e. The maximum atomic E-state index is 6.35. The Morgan fingerprint density at radius 3 is 2.94 bits per heavy atom. The average molecular weight is 268 g/mol. The number of benzene rings is 1. The largest absolute Gasteiger partial charge is 0.369 e. The Morgan fingerprint density at radius 1 is 1.50 bits per heavy atom. The Hall–Kier alpha value is -0.770. The van der Waals surface area contributed by atoms with Crippen LogP contribution in [0.15, 0.2) is 18.2 Å². The van der Waals surface area contributed by atoms with Gasteiger partial charge in [-0.3, -0.25) is 0 Å². The van der Waals surface area contributed by atoms with Gasteiger partial charge in [-0.15, -0.1) is 0 Å². The van der Waals surface area contributed by atoms with Crippen molar-refractivity contribution in [2.45, 2.75) is 25.4 Å². The standard InChI is InChI=1S/C14H22ClN3/c1-17-8-4-6-12(10-17)18(2)14-11(9-16)5-3-7-13(14)15/h3,5,7,12H,4,6,8-10,16H2,1-2H3. The third-order valence-corrected chi connectivity index (χ3v) is 4.10. The van der Waals surface area contributed by atoms with Gasteiger partial charge < -0.3 is 15.5 Å². The molecule has 1 aliphatic heterocycles. The summed E-state index contributed by atoms with van der Waals surface area (Å²) in [5.41, 5.74) is 8.04. The zero-order valence-corrected chi connectivity index (χ0v) is 12.0. The second-order valence-electron chi connectivity index (χ2n) is 5.12. The maximum Gasteiger partial charge on any atom is 0.0642 e. The van der Waals surface area contributed by atoms with Gasteiger partial charge >= 0.3 is 0 Å². The fourth-order valence-corrected chi connectivity index (χ4v) is 3.08. The van der Waals surface area contributed by atoms with Crippen LogP contribution in [-0.4, -0.2) is 38.1 Å². The van der Waals surface area contributed by atoms with E-state index in [1.165, 1.54) is 19.4 Å². The van der Waals surface area contributed by atoms with Crippen LogP contribution in [0.1, 0.15) is 18.4 Å². The van der Waals surface area contributed by atoms with Gasteiger partial charge in [0.2, 0.25) is 0 Å². The van der Waals surface area contributed by atoms with E-state index in [2.05, 4.69) is 30.0 Å². The second kappa shape index (κ2) is 5.91. The first kappa shape index (κ1) is 13.7. The molecule has 18 heavy (non-hydrogen) atoms. The van der Waals surface area contributed by atoms with Crippen LogP contribution >= 0.6 is 11.6 Å². The number of nitrogens with zero attached hydrogens (tertiary/aromatic N) is 2. The molecule has 0 aliphatic carbocycles. The summed E-state index contributed by atoms with van der Waals surface area (Å²) in [5, 5.41) is 0.800. The zero-order chi connectivity index (χ0) is 13.1. The molecule has 1 aromatic rings. The van der Waals surface area contributed by atoms with Gasteiger partial charge in [-0.2, -0.15) is 0 Å². The van der Waals surface area contributed by atoms with Crippen molar-refractivity contribution in [1.82, 2.24) is 4.90 Å². The smallest absolute Gasteiger partial charge is 0.0642 e. The van der Waals surface area contributed by atoms with Crippen molar-refractivity contribution < 1.29 is 0 Å². The first-order valence-electron chi connectivity index (χ1n) is 6.52. The van der Waals surface area contributed by atoms with Gasteiger partial charge in [0.05, 0.1) is 10.7 Å². The van der Waals surface area contributed by atoms with Crippen LogP contribution in [-0.2, 0) is 6.54 Å². The van der Waals surface area contributed by atoms with Crippen molar-refractivity contribution in [2.24, 2.45) is 5.73 Å². The molecule has 1 aliphatic rings. The van der Waals surface area contributed by atoms with Crippen LogP contribution in [0, 0.1) is 0 Å². The van der Waals surface area contributed by atoms with Crippen LogP contribution in [0.3, 0.4) is 0 Å². The van der Waals surface area contributed by atoms with Crippen molar-refractivity contribution in [3.63, 3.8) is 0 Å². The van der Waals surface area contributed by atoms with Crippen molar-refractivity contribution >= 4 is 17.3 Å². The molecule has 4 heteroatoms. The van der Waals surface area contributed by atoms with Gasteiger partial charge in [-0.25, -0.2) is 0 Å². The SMILES string of the molecule is CN1CCCC(N(C)c2c(Cl)cccc2CN)C1. The molecule has 1 fully saturated rings. The summed E-state index contributed by atoms with van der Waals surface area (Å²) < 4.78 is 0. The van der Waals surface area contributed by atoms with Crippen LogP contribution in [0.5, 0.6) is 0 Å². The van der Waals surface area contributed by atoms with E-state index in [4.69, 9.17) is 17.3 Å². The van der Waals surface area contributed by atoms with Crippen LogP contribution < -0.4 is 10.6 Å². The summed E-state index contributed by atoms with van der Waals surface area (Å²) >= 11 is 6.35. The van der Waals surface area contributed by atoms with Gasteiger partial charge in [-0.05, 0) is 38.1 Å². The van der Waals surface area contributed by atoms with E-state index in [1.54, 1.807) is 0 Å². The number of halogens is 1. The molecule has 1 unspecified atom stereocenters. The third kappa shape index (κ3) is 2.79. The highest BCUT2D eigenvalue weighted by molar-refractivity contribution is 6.33. The first-order valence-corrected chi connectivity index (χ1v) is 6.90. The second-order valence-corrected chi connectivity index (χ2v) is 5.53. The quantitative estimate of drug-likeness (QED) is 0.912. The molecule has 1 aromatic carbocycles. The number of likely N-dealkylation sites (tertiary alicyclic amines) is 1. The van der Waals surface area contributed by atoms with E-state index in [9.17, 15) is 0 Å². The third-order valence-electron chi connectivity index (χ3n) is 3.79. The molecule has 0 aromatic heterocycles. The lowest BCUT2D eigenvalue weighted by atomic mass is 10.0. The molecule has 0 amide bonds. The lowest BCUT2D eigenvalue weighted by Crippen LogP contribution is -2.45. The van der Waals surface area contributed by atoms with Crippen molar-refractivity contribution in [3.05, 3.63) is 28.8 Å². The predicted octanol–water partition coefficient (Wildman–Crippen LogP) is 2.33. The normalized spacial score (nSPS) is 21.0. The number of likely N-dealkylation sites (N-methyl/N-ethyl adjacent to an activating group) is 2. The van der Waals surface area contributed by atoms with Crippen molar-refractivity contribution in [3.8, 4) is 0 Å². The molecule has 1 saturated heterocycles. The van der Waals surface area contributed by atoms with Gasteiger partial charge in [0.25, 0.3) is 0 Å². The highest BCUT2D eigenvalue weighted by atomic mass is 35.5. The highest BCUT2D eigenvalue weighted by Gasteiger charge is 2.23. The number of piperidine rings is 1. The zero-order valence-electron chi connectivity index (χ0n) is 11.2. The summed E-state index contributed by atoms with van der Waals surface area (Å²) in [4.78, 5) is 4.68. The Bertz CT molecular complexity index is 408. The lowest BCUT2D eigenvalue weighted by Gasteiger charge is -2.38. The number of nitrogens with two attached hydrogens (primary N) is 1. The fraction of sp³-hybridized carbons (Fsp3) is 0.571. The number of hydrogen-bond acceptors (Lipinski definition) is 3. The van der Waals surface area contributed by atoms with Gasteiger partial charge in [0.15, 0.2) is 0 Å². The molecule has 2 rings (SSSR count). The predicted molar refractivity (Wildman–Crippen MR) is 78.3 cm³/mol. The monoisotopic (exact) mass is 267 g/mol. The Labute approximate surface area is 115 Å².